The molecule has 0 heterocycles. The van der Waals surface area contributed by atoms with Crippen molar-refractivity contribution in [2.45, 2.75) is 50.7 Å². The largest absolute Gasteiger partial charge is 0.497 e. The summed E-state index contributed by atoms with van der Waals surface area (Å²) >= 11 is 2.14. The van der Waals surface area contributed by atoms with Crippen LogP contribution in [0.15, 0.2) is 83.8 Å². The molecule has 0 fully saturated rings. The Bertz CT molecular complexity index is 1370. The number of halogens is 1. The van der Waals surface area contributed by atoms with Crippen LogP contribution in [-0.2, 0) is 26.2 Å². The molecule has 0 spiro atoms. The van der Waals surface area contributed by atoms with E-state index in [0.29, 0.717) is 17.9 Å². The van der Waals surface area contributed by atoms with E-state index in [0.717, 1.165) is 13.4 Å². The van der Waals surface area contributed by atoms with Gasteiger partial charge in [-0.3, -0.25) is 13.9 Å². The zero-order valence-electron chi connectivity index (χ0n) is 22.5. The Kier molecular flexibility index (Phi) is 10.8. The molecule has 39 heavy (non-hydrogen) atoms. The van der Waals surface area contributed by atoms with E-state index >= 15 is 0 Å². The maximum Gasteiger partial charge on any atom is 0.264 e. The Morgan fingerprint density at radius 3 is 2.23 bits per heavy atom. The lowest BCUT2D eigenvalue weighted by atomic mass is 10.1. The number of hydrogen-bond donors (Lipinski definition) is 1. The van der Waals surface area contributed by atoms with E-state index in [1.165, 1.54) is 17.0 Å². The molecule has 0 radical (unpaired) electrons. The molecule has 10 heteroatoms. The smallest absolute Gasteiger partial charge is 0.264 e. The molecule has 0 saturated carbocycles. The van der Waals surface area contributed by atoms with E-state index in [4.69, 9.17) is 4.74 Å². The Morgan fingerprint density at radius 1 is 0.974 bits per heavy atom. The molecule has 0 aromatic heterocycles. The van der Waals surface area contributed by atoms with Crippen LogP contribution in [0.3, 0.4) is 0 Å². The summed E-state index contributed by atoms with van der Waals surface area (Å²) in [6, 6.07) is 21.2. The molecule has 3 aromatic rings. The van der Waals surface area contributed by atoms with Gasteiger partial charge in [0.25, 0.3) is 10.0 Å². The lowest BCUT2D eigenvalue weighted by Crippen LogP contribution is -2.53. The number of carbonyl (C=O) groups is 2. The first-order valence-electron chi connectivity index (χ1n) is 12.6. The summed E-state index contributed by atoms with van der Waals surface area (Å²) in [5, 5.41) is 2.89. The van der Waals surface area contributed by atoms with Gasteiger partial charge in [-0.1, -0.05) is 37.3 Å². The van der Waals surface area contributed by atoms with Crippen molar-refractivity contribution in [2.75, 3.05) is 18.0 Å². The van der Waals surface area contributed by atoms with E-state index in [1.807, 2.05) is 32.9 Å². The first-order valence-corrected chi connectivity index (χ1v) is 15.1. The number of nitrogens with one attached hydrogen (secondary N) is 1. The number of rotatable bonds is 12. The van der Waals surface area contributed by atoms with Gasteiger partial charge in [0.05, 0.1) is 17.7 Å². The fourth-order valence-corrected chi connectivity index (χ4v) is 5.92. The van der Waals surface area contributed by atoms with Crippen LogP contribution in [0.25, 0.3) is 0 Å². The van der Waals surface area contributed by atoms with Crippen molar-refractivity contribution in [1.82, 2.24) is 10.2 Å². The molecule has 0 bridgehead atoms. The van der Waals surface area contributed by atoms with Crippen molar-refractivity contribution < 1.29 is 22.7 Å². The van der Waals surface area contributed by atoms with Crippen LogP contribution in [0.5, 0.6) is 5.75 Å². The molecule has 8 nitrogen and oxygen atoms in total. The van der Waals surface area contributed by atoms with Gasteiger partial charge in [-0.25, -0.2) is 8.42 Å². The summed E-state index contributed by atoms with van der Waals surface area (Å²) in [6.07, 6.45) is 0.350. The average Bonchev–Trinajstić information content (AvgIpc) is 2.92. The molecule has 0 aliphatic rings. The highest BCUT2D eigenvalue weighted by Gasteiger charge is 2.33. The van der Waals surface area contributed by atoms with Crippen LogP contribution in [0, 0.1) is 3.57 Å². The van der Waals surface area contributed by atoms with Crippen molar-refractivity contribution in [1.29, 1.82) is 0 Å². The molecule has 2 amide bonds. The molecule has 1 atom stereocenters. The number of nitrogens with zero attached hydrogens (tertiary/aromatic N) is 2. The van der Waals surface area contributed by atoms with Gasteiger partial charge in [0, 0.05) is 16.2 Å². The monoisotopic (exact) mass is 663 g/mol. The van der Waals surface area contributed by atoms with Gasteiger partial charge in [-0.05, 0) is 97.0 Å². The number of hydrogen-bond acceptors (Lipinski definition) is 5. The van der Waals surface area contributed by atoms with Gasteiger partial charge in [0.1, 0.15) is 18.3 Å². The second-order valence-electron chi connectivity index (χ2n) is 9.26. The summed E-state index contributed by atoms with van der Waals surface area (Å²) in [7, 11) is -2.53. The van der Waals surface area contributed by atoms with Gasteiger partial charge in [0.15, 0.2) is 0 Å². The number of sulfonamides is 1. The predicted octanol–water partition coefficient (Wildman–Crippen LogP) is 4.83. The number of carbonyl (C=O) groups excluding carboxylic acids is 2. The van der Waals surface area contributed by atoms with E-state index in [1.54, 1.807) is 61.7 Å². The standard InChI is InChI=1S/C29H34IN3O5S/c1-5-27(29(35)31-21(2)3)32(19-22-10-9-11-25(18-22)38-4)28(34)20-33(24-16-14-23(30)15-17-24)39(36,37)26-12-7-6-8-13-26/h6-18,21,27H,5,19-20H2,1-4H3,(H,31,35). The Balaban J connectivity index is 2.05. The average molecular weight is 664 g/mol. The summed E-state index contributed by atoms with van der Waals surface area (Å²) in [5.74, 6) is -0.177. The van der Waals surface area contributed by atoms with Gasteiger partial charge in [-0.2, -0.15) is 0 Å². The molecular formula is C29H34IN3O5S. The minimum absolute atomic E-state index is 0.0697. The maximum absolute atomic E-state index is 14.0. The molecule has 0 aliphatic carbocycles. The Hall–Kier alpha value is -3.12. The lowest BCUT2D eigenvalue weighted by molar-refractivity contribution is -0.140. The fraction of sp³-hybridized carbons (Fsp3) is 0.310. The zero-order valence-corrected chi connectivity index (χ0v) is 25.5. The van der Waals surface area contributed by atoms with Gasteiger partial charge >= 0.3 is 0 Å². The summed E-state index contributed by atoms with van der Waals surface area (Å²) < 4.78 is 35.0. The third-order valence-electron chi connectivity index (χ3n) is 6.03. The summed E-state index contributed by atoms with van der Waals surface area (Å²) in [5.41, 5.74) is 1.11. The van der Waals surface area contributed by atoms with Crippen LogP contribution in [-0.4, -0.2) is 50.9 Å². The van der Waals surface area contributed by atoms with Crippen molar-refractivity contribution in [2.24, 2.45) is 0 Å². The van der Waals surface area contributed by atoms with E-state index in [9.17, 15) is 18.0 Å². The Morgan fingerprint density at radius 2 is 1.64 bits per heavy atom. The van der Waals surface area contributed by atoms with Crippen molar-refractivity contribution in [3.63, 3.8) is 0 Å². The zero-order chi connectivity index (χ0) is 28.6. The number of benzene rings is 3. The second-order valence-corrected chi connectivity index (χ2v) is 12.4. The molecule has 208 valence electrons. The quantitative estimate of drug-likeness (QED) is 0.281. The molecular weight excluding hydrogens is 629 g/mol. The number of ether oxygens (including phenoxy) is 1. The van der Waals surface area contributed by atoms with E-state index in [2.05, 4.69) is 27.9 Å². The van der Waals surface area contributed by atoms with E-state index < -0.39 is 28.5 Å². The first-order chi connectivity index (χ1) is 18.6. The topological polar surface area (TPSA) is 96.0 Å². The number of methoxy groups -OCH3 is 1. The van der Waals surface area contributed by atoms with Crippen LogP contribution in [0.1, 0.15) is 32.8 Å². The van der Waals surface area contributed by atoms with Crippen molar-refractivity contribution >= 4 is 50.1 Å². The minimum atomic E-state index is -4.09. The highest BCUT2D eigenvalue weighted by atomic mass is 127. The molecule has 0 saturated heterocycles. The minimum Gasteiger partial charge on any atom is -0.497 e. The highest BCUT2D eigenvalue weighted by molar-refractivity contribution is 14.1. The third-order valence-corrected chi connectivity index (χ3v) is 8.54. The first kappa shape index (κ1) is 30.4. The van der Waals surface area contributed by atoms with Crippen LogP contribution in [0.2, 0.25) is 0 Å². The normalized spacial score (nSPS) is 12.1. The van der Waals surface area contributed by atoms with Crippen LogP contribution in [0.4, 0.5) is 5.69 Å². The molecule has 0 aliphatic heterocycles. The summed E-state index contributed by atoms with van der Waals surface area (Å²) in [6.45, 7) is 5.15. The van der Waals surface area contributed by atoms with Crippen LogP contribution >= 0.6 is 22.6 Å². The molecule has 1 unspecified atom stereocenters. The number of amides is 2. The maximum atomic E-state index is 14.0. The van der Waals surface area contributed by atoms with Gasteiger partial charge in [-0.15, -0.1) is 0 Å². The van der Waals surface area contributed by atoms with Crippen molar-refractivity contribution in [3.8, 4) is 5.75 Å². The molecule has 3 aromatic carbocycles. The fourth-order valence-electron chi connectivity index (χ4n) is 4.12. The van der Waals surface area contributed by atoms with Crippen LogP contribution < -0.4 is 14.4 Å². The van der Waals surface area contributed by atoms with Gasteiger partial charge < -0.3 is 15.0 Å². The molecule has 3 rings (SSSR count). The molecule has 1 N–H and O–H groups in total. The summed E-state index contributed by atoms with van der Waals surface area (Å²) in [4.78, 5) is 28.7. The van der Waals surface area contributed by atoms with Crippen molar-refractivity contribution in [3.05, 3.63) is 88.0 Å². The van der Waals surface area contributed by atoms with E-state index in [-0.39, 0.29) is 23.4 Å². The lowest BCUT2D eigenvalue weighted by Gasteiger charge is -2.33. The predicted molar refractivity (Wildman–Crippen MR) is 161 cm³/mol. The Labute approximate surface area is 244 Å². The highest BCUT2D eigenvalue weighted by Crippen LogP contribution is 2.26. The number of anilines is 1. The third kappa shape index (κ3) is 7.95. The second kappa shape index (κ2) is 13.8. The van der Waals surface area contributed by atoms with Gasteiger partial charge in [0.2, 0.25) is 11.8 Å². The SMILES string of the molecule is CCC(C(=O)NC(C)C)N(Cc1cccc(OC)c1)C(=O)CN(c1ccc(I)cc1)S(=O)(=O)c1ccccc1.